The maximum absolute atomic E-state index is 12.5. The van der Waals surface area contributed by atoms with E-state index in [9.17, 15) is 14.7 Å². The van der Waals surface area contributed by atoms with E-state index in [1.807, 2.05) is 60.8 Å². The normalized spacial score (nSPS) is 13.4. The van der Waals surface area contributed by atoms with Gasteiger partial charge in [-0.1, -0.05) is 54.6 Å². The molecule has 4 aromatic rings. The number of fused-ring (bicyclic) bond motifs is 4. The van der Waals surface area contributed by atoms with Crippen molar-refractivity contribution in [2.24, 2.45) is 0 Å². The molecule has 1 aliphatic carbocycles. The van der Waals surface area contributed by atoms with E-state index in [-0.39, 0.29) is 18.9 Å². The number of hydrogen-bond donors (Lipinski definition) is 2. The molecule has 5 rings (SSSR count). The minimum atomic E-state index is -1.13. The van der Waals surface area contributed by atoms with Crippen molar-refractivity contribution in [1.29, 1.82) is 0 Å². The van der Waals surface area contributed by atoms with Crippen molar-refractivity contribution >= 4 is 17.7 Å². The minimum Gasteiger partial charge on any atom is -0.480 e. The molecule has 160 valence electrons. The average Bonchev–Trinajstić information content (AvgIpc) is 3.36. The molecule has 2 N–H and O–H groups in total. The Morgan fingerprint density at radius 3 is 2.34 bits per heavy atom. The average molecular weight is 427 g/mol. The number of imidazole rings is 1. The third kappa shape index (κ3) is 3.58. The van der Waals surface area contributed by atoms with Gasteiger partial charge >= 0.3 is 12.1 Å². The first-order chi connectivity index (χ1) is 15.6. The monoisotopic (exact) mass is 427 g/mol. The fraction of sp³-hybridized carbons (Fsp3) is 0.160. The van der Waals surface area contributed by atoms with Gasteiger partial charge in [-0.2, -0.15) is 0 Å². The lowest BCUT2D eigenvalue weighted by Crippen LogP contribution is -2.43. The zero-order valence-electron chi connectivity index (χ0n) is 17.1. The molecule has 32 heavy (non-hydrogen) atoms. The largest absolute Gasteiger partial charge is 0.480 e. The Morgan fingerprint density at radius 1 is 1.00 bits per heavy atom. The zero-order valence-corrected chi connectivity index (χ0v) is 17.1. The van der Waals surface area contributed by atoms with Gasteiger partial charge in [-0.05, 0) is 34.4 Å². The van der Waals surface area contributed by atoms with Gasteiger partial charge in [0.05, 0.1) is 0 Å². The Morgan fingerprint density at radius 2 is 1.66 bits per heavy atom. The lowest BCUT2D eigenvalue weighted by molar-refractivity contribution is -0.139. The number of alkyl carbamates (subject to hydrolysis) is 1. The van der Waals surface area contributed by atoms with Crippen molar-refractivity contribution in [2.75, 3.05) is 6.61 Å². The van der Waals surface area contributed by atoms with Crippen LogP contribution in [0.4, 0.5) is 4.79 Å². The van der Waals surface area contributed by atoms with Crippen LogP contribution in [0, 0.1) is 0 Å². The van der Waals surface area contributed by atoms with Gasteiger partial charge in [0.15, 0.2) is 0 Å². The van der Waals surface area contributed by atoms with E-state index in [1.54, 1.807) is 10.6 Å². The SMILES string of the molecule is O=C(N[C@H](Cc1cnc2ccccn12)C(=O)O)OCC1c2ccccc2-c2ccccc21. The molecule has 1 aliphatic rings. The summed E-state index contributed by atoms with van der Waals surface area (Å²) in [6.45, 7) is 0.127. The molecule has 7 nitrogen and oxygen atoms in total. The number of hydrogen-bond acceptors (Lipinski definition) is 4. The second-order valence-corrected chi connectivity index (χ2v) is 7.74. The van der Waals surface area contributed by atoms with Gasteiger partial charge in [0.1, 0.15) is 18.3 Å². The molecule has 2 heterocycles. The van der Waals surface area contributed by atoms with Crippen molar-refractivity contribution < 1.29 is 19.4 Å². The first kappa shape index (κ1) is 19.8. The summed E-state index contributed by atoms with van der Waals surface area (Å²) in [5.41, 5.74) is 5.87. The number of aromatic nitrogens is 2. The number of rotatable bonds is 6. The zero-order chi connectivity index (χ0) is 22.1. The van der Waals surface area contributed by atoms with Crippen LogP contribution >= 0.6 is 0 Å². The topological polar surface area (TPSA) is 92.9 Å². The van der Waals surface area contributed by atoms with Crippen LogP contribution in [0.1, 0.15) is 22.7 Å². The van der Waals surface area contributed by atoms with Gasteiger partial charge in [-0.3, -0.25) is 0 Å². The van der Waals surface area contributed by atoms with Crippen LogP contribution in [0.3, 0.4) is 0 Å². The quantitative estimate of drug-likeness (QED) is 0.487. The molecular formula is C25H21N3O4. The summed E-state index contributed by atoms with van der Waals surface area (Å²) in [7, 11) is 0. The number of carbonyl (C=O) groups excluding carboxylic acids is 1. The van der Waals surface area contributed by atoms with E-state index in [0.29, 0.717) is 11.3 Å². The van der Waals surface area contributed by atoms with Crippen LogP contribution in [-0.2, 0) is 16.0 Å². The third-order valence-corrected chi connectivity index (χ3v) is 5.84. The molecule has 0 fully saturated rings. The number of aliphatic carboxylic acids is 1. The lowest BCUT2D eigenvalue weighted by Gasteiger charge is -2.17. The van der Waals surface area contributed by atoms with Gasteiger partial charge < -0.3 is 19.6 Å². The summed E-state index contributed by atoms with van der Waals surface area (Å²) < 4.78 is 7.29. The highest BCUT2D eigenvalue weighted by Gasteiger charge is 2.30. The highest BCUT2D eigenvalue weighted by molar-refractivity contribution is 5.81. The van der Waals surface area contributed by atoms with E-state index in [2.05, 4.69) is 22.4 Å². The number of carboxylic acids is 1. The fourth-order valence-electron chi connectivity index (χ4n) is 4.33. The smallest absolute Gasteiger partial charge is 0.407 e. The third-order valence-electron chi connectivity index (χ3n) is 5.84. The van der Waals surface area contributed by atoms with Crippen LogP contribution in [0.15, 0.2) is 79.1 Å². The van der Waals surface area contributed by atoms with Crippen molar-refractivity contribution in [1.82, 2.24) is 14.7 Å². The molecule has 0 saturated carbocycles. The molecule has 0 unspecified atom stereocenters. The summed E-state index contributed by atoms with van der Waals surface area (Å²) in [6.07, 6.45) is 2.76. The van der Waals surface area contributed by atoms with E-state index >= 15 is 0 Å². The Labute approximate surface area is 184 Å². The maximum Gasteiger partial charge on any atom is 0.407 e. The molecule has 0 spiro atoms. The van der Waals surface area contributed by atoms with Crippen molar-refractivity contribution in [3.8, 4) is 11.1 Å². The molecule has 1 amide bonds. The number of nitrogens with zero attached hydrogens (tertiary/aromatic N) is 2. The number of benzene rings is 2. The molecular weight excluding hydrogens is 406 g/mol. The van der Waals surface area contributed by atoms with Crippen molar-refractivity contribution in [3.63, 3.8) is 0 Å². The molecule has 0 bridgehead atoms. The molecule has 0 saturated heterocycles. The summed E-state index contributed by atoms with van der Waals surface area (Å²) in [6, 6.07) is 20.5. The van der Waals surface area contributed by atoms with E-state index in [0.717, 1.165) is 22.3 Å². The molecule has 2 aromatic carbocycles. The van der Waals surface area contributed by atoms with Crippen LogP contribution in [0.2, 0.25) is 0 Å². The second kappa shape index (κ2) is 8.19. The van der Waals surface area contributed by atoms with Crippen LogP contribution in [0.25, 0.3) is 16.8 Å². The fourth-order valence-corrected chi connectivity index (χ4v) is 4.33. The van der Waals surface area contributed by atoms with Crippen LogP contribution < -0.4 is 5.32 Å². The maximum atomic E-state index is 12.5. The van der Waals surface area contributed by atoms with E-state index < -0.39 is 18.1 Å². The summed E-state index contributed by atoms with van der Waals surface area (Å²) >= 11 is 0. The lowest BCUT2D eigenvalue weighted by atomic mass is 9.98. The van der Waals surface area contributed by atoms with Crippen LogP contribution in [0.5, 0.6) is 0 Å². The number of pyridine rings is 1. The summed E-state index contributed by atoms with van der Waals surface area (Å²) in [5, 5.41) is 12.1. The Bertz CT molecular complexity index is 1270. The summed E-state index contributed by atoms with van der Waals surface area (Å²) in [5.74, 6) is -1.22. The summed E-state index contributed by atoms with van der Waals surface area (Å²) in [4.78, 5) is 28.6. The predicted molar refractivity (Wildman–Crippen MR) is 119 cm³/mol. The van der Waals surface area contributed by atoms with Gasteiger partial charge in [0, 0.05) is 30.4 Å². The highest BCUT2D eigenvalue weighted by atomic mass is 16.5. The standard InChI is InChI=1S/C25H21N3O4/c29-24(30)22(13-16-14-26-23-11-5-6-12-28(16)23)27-25(31)32-15-21-19-9-3-1-7-17(19)18-8-2-4-10-20(18)21/h1-12,14,21-22H,13,15H2,(H,27,31)(H,29,30)/t22-/m1/s1. The predicted octanol–water partition coefficient (Wildman–Crippen LogP) is 3.87. The first-order valence-corrected chi connectivity index (χ1v) is 10.4. The van der Waals surface area contributed by atoms with E-state index in [1.165, 1.54) is 0 Å². The van der Waals surface area contributed by atoms with Gasteiger partial charge in [0.2, 0.25) is 0 Å². The number of carboxylic acid groups (broad SMARTS) is 1. The highest BCUT2D eigenvalue weighted by Crippen LogP contribution is 2.44. The second-order valence-electron chi connectivity index (χ2n) is 7.74. The van der Waals surface area contributed by atoms with E-state index in [4.69, 9.17) is 4.74 Å². The Balaban J connectivity index is 1.28. The van der Waals surface area contributed by atoms with Gasteiger partial charge in [0.25, 0.3) is 0 Å². The molecule has 0 aliphatic heterocycles. The van der Waals surface area contributed by atoms with Crippen LogP contribution in [-0.4, -0.2) is 39.2 Å². The van der Waals surface area contributed by atoms with Gasteiger partial charge in [-0.15, -0.1) is 0 Å². The molecule has 0 radical (unpaired) electrons. The number of carbonyl (C=O) groups is 2. The minimum absolute atomic E-state index is 0.0878. The first-order valence-electron chi connectivity index (χ1n) is 10.4. The molecule has 7 heteroatoms. The Hall–Kier alpha value is -4.13. The number of ether oxygens (including phenoxy) is 1. The molecule has 1 atom stereocenters. The Kier molecular flexibility index (Phi) is 5.07. The number of nitrogens with one attached hydrogen (secondary N) is 1. The van der Waals surface area contributed by atoms with Crippen molar-refractivity contribution in [3.05, 3.63) is 95.9 Å². The van der Waals surface area contributed by atoms with Crippen molar-refractivity contribution in [2.45, 2.75) is 18.4 Å². The molecule has 2 aromatic heterocycles. The van der Waals surface area contributed by atoms with Gasteiger partial charge in [-0.25, -0.2) is 14.6 Å². The number of amides is 1.